The molecule has 2 heterocycles. The third kappa shape index (κ3) is 7.10. The summed E-state index contributed by atoms with van der Waals surface area (Å²) < 4.78 is 94.7. The van der Waals surface area contributed by atoms with Gasteiger partial charge in [0.2, 0.25) is 11.8 Å². The maximum Gasteiger partial charge on any atom is 0.389 e. The lowest BCUT2D eigenvalue weighted by molar-refractivity contribution is -0.134. The van der Waals surface area contributed by atoms with E-state index in [2.05, 4.69) is 15.2 Å². The van der Waals surface area contributed by atoms with Gasteiger partial charge < -0.3 is 4.42 Å². The van der Waals surface area contributed by atoms with Crippen LogP contribution in [0.15, 0.2) is 52.9 Å². The third-order valence-corrected chi connectivity index (χ3v) is 8.90. The summed E-state index contributed by atoms with van der Waals surface area (Å²) >= 11 is 1.03. The zero-order chi connectivity index (χ0) is 26.8. The molecule has 0 amide bonds. The summed E-state index contributed by atoms with van der Waals surface area (Å²) in [6.07, 6.45) is -6.47. The molecule has 0 aliphatic heterocycles. The summed E-state index contributed by atoms with van der Waals surface area (Å²) in [6.45, 7) is -0.507. The van der Waals surface area contributed by atoms with Crippen LogP contribution in [-0.2, 0) is 26.6 Å². The molecule has 37 heavy (non-hydrogen) atoms. The van der Waals surface area contributed by atoms with E-state index in [-0.39, 0.29) is 10.9 Å². The van der Waals surface area contributed by atoms with Crippen LogP contribution in [0.4, 0.5) is 13.2 Å². The van der Waals surface area contributed by atoms with Crippen molar-refractivity contribution in [3.8, 4) is 11.1 Å². The fraction of sp³-hybridized carbons (Fsp3) is 0.286. The van der Waals surface area contributed by atoms with Crippen molar-refractivity contribution in [1.82, 2.24) is 19.9 Å². The van der Waals surface area contributed by atoms with Crippen molar-refractivity contribution in [2.24, 2.45) is 5.14 Å². The molecular formula is C21H20F3N5O5S3. The summed E-state index contributed by atoms with van der Waals surface area (Å²) in [6, 6.07) is 14.8. The number of nitrogens with two attached hydrogens (primary N) is 1. The van der Waals surface area contributed by atoms with E-state index in [4.69, 9.17) is 9.56 Å². The summed E-state index contributed by atoms with van der Waals surface area (Å²) in [5, 5.41) is 10.6. The van der Waals surface area contributed by atoms with Crippen molar-refractivity contribution in [3.63, 3.8) is 0 Å². The van der Waals surface area contributed by atoms with Crippen LogP contribution in [-0.4, -0.2) is 43.9 Å². The number of fused-ring (bicyclic) bond motifs is 1. The van der Waals surface area contributed by atoms with E-state index < -0.39 is 62.5 Å². The molecule has 2 aromatic heterocycles. The second-order valence-electron chi connectivity index (χ2n) is 7.97. The minimum atomic E-state index is -4.52. The monoisotopic (exact) mass is 575 g/mol. The van der Waals surface area contributed by atoms with Crippen LogP contribution >= 0.6 is 11.3 Å². The molecule has 4 aromatic rings. The van der Waals surface area contributed by atoms with Gasteiger partial charge in [0.1, 0.15) is 5.01 Å². The number of alkyl halides is 3. The SMILES string of the molecule is NS(=O)(=O)NCc1nnc(C(c2nc3ccc(-c4ccccc4)cc3s2)S(=O)(=O)CCCC(F)(F)F)o1. The summed E-state index contributed by atoms with van der Waals surface area (Å²) in [5.41, 5.74) is 2.27. The predicted molar refractivity (Wildman–Crippen MR) is 130 cm³/mol. The minimum Gasteiger partial charge on any atom is -0.422 e. The predicted octanol–water partition coefficient (Wildman–Crippen LogP) is 3.49. The second kappa shape index (κ2) is 10.4. The number of hydrogen-bond acceptors (Lipinski definition) is 9. The first-order valence-electron chi connectivity index (χ1n) is 10.6. The Labute approximate surface area is 213 Å². The molecule has 0 bridgehead atoms. The highest BCUT2D eigenvalue weighted by atomic mass is 32.2. The van der Waals surface area contributed by atoms with E-state index in [0.29, 0.717) is 10.2 Å². The van der Waals surface area contributed by atoms with Gasteiger partial charge in [0.25, 0.3) is 10.2 Å². The second-order valence-corrected chi connectivity index (χ2v) is 12.6. The average molecular weight is 576 g/mol. The molecule has 3 N–H and O–H groups in total. The Bertz CT molecular complexity index is 1600. The Balaban J connectivity index is 1.71. The van der Waals surface area contributed by atoms with Crippen molar-refractivity contribution in [1.29, 1.82) is 0 Å². The first kappa shape index (κ1) is 27.1. The number of halogens is 3. The van der Waals surface area contributed by atoms with E-state index in [1.807, 2.05) is 47.2 Å². The van der Waals surface area contributed by atoms with Gasteiger partial charge >= 0.3 is 6.18 Å². The minimum absolute atomic E-state index is 0.0295. The number of sulfone groups is 1. The number of thiazole rings is 1. The maximum absolute atomic E-state index is 13.2. The van der Waals surface area contributed by atoms with Crippen molar-refractivity contribution >= 4 is 41.6 Å². The van der Waals surface area contributed by atoms with E-state index >= 15 is 0 Å². The van der Waals surface area contributed by atoms with Gasteiger partial charge in [-0.1, -0.05) is 36.4 Å². The van der Waals surface area contributed by atoms with Gasteiger partial charge in [-0.15, -0.1) is 21.5 Å². The van der Waals surface area contributed by atoms with Gasteiger partial charge in [-0.2, -0.15) is 26.3 Å². The fourth-order valence-electron chi connectivity index (χ4n) is 3.48. The van der Waals surface area contributed by atoms with Crippen molar-refractivity contribution < 1.29 is 34.4 Å². The number of nitrogens with one attached hydrogen (secondary N) is 1. The highest BCUT2D eigenvalue weighted by Gasteiger charge is 2.38. The van der Waals surface area contributed by atoms with Crippen LogP contribution in [0.2, 0.25) is 0 Å². The first-order valence-corrected chi connectivity index (χ1v) is 14.7. The molecule has 16 heteroatoms. The molecule has 1 unspecified atom stereocenters. The number of aromatic nitrogens is 3. The molecule has 2 aromatic carbocycles. The molecule has 0 aliphatic carbocycles. The molecule has 0 aliphatic rings. The molecule has 0 fully saturated rings. The van der Waals surface area contributed by atoms with Gasteiger partial charge in [0, 0.05) is 6.42 Å². The quantitative estimate of drug-likeness (QED) is 0.291. The van der Waals surface area contributed by atoms with Crippen LogP contribution in [0.1, 0.15) is 34.9 Å². The highest BCUT2D eigenvalue weighted by Crippen LogP contribution is 2.37. The van der Waals surface area contributed by atoms with Crippen LogP contribution in [0.3, 0.4) is 0 Å². The number of rotatable bonds is 10. The van der Waals surface area contributed by atoms with Crippen LogP contribution in [0.25, 0.3) is 21.3 Å². The van der Waals surface area contributed by atoms with Crippen molar-refractivity contribution in [2.75, 3.05) is 5.75 Å². The lowest BCUT2D eigenvalue weighted by Crippen LogP contribution is -2.30. The molecule has 198 valence electrons. The maximum atomic E-state index is 13.2. The molecule has 0 radical (unpaired) electrons. The van der Waals surface area contributed by atoms with E-state index in [1.54, 1.807) is 6.07 Å². The van der Waals surface area contributed by atoms with Gasteiger partial charge in [0.05, 0.1) is 22.5 Å². The topological polar surface area (TPSA) is 158 Å². The first-order chi connectivity index (χ1) is 17.3. The normalized spacial score (nSPS) is 13.7. The number of hydrogen-bond donors (Lipinski definition) is 2. The summed E-state index contributed by atoms with van der Waals surface area (Å²) in [4.78, 5) is 4.40. The third-order valence-electron chi connectivity index (χ3n) is 5.12. The zero-order valence-electron chi connectivity index (χ0n) is 18.8. The average Bonchev–Trinajstić information content (AvgIpc) is 3.43. The molecule has 10 nitrogen and oxygen atoms in total. The van der Waals surface area contributed by atoms with E-state index in [1.165, 1.54) is 0 Å². The lowest BCUT2D eigenvalue weighted by Gasteiger charge is -2.12. The number of benzene rings is 2. The smallest absolute Gasteiger partial charge is 0.389 e. The zero-order valence-corrected chi connectivity index (χ0v) is 21.3. The van der Waals surface area contributed by atoms with E-state index in [9.17, 15) is 30.0 Å². The van der Waals surface area contributed by atoms with Crippen molar-refractivity contribution in [2.45, 2.75) is 30.8 Å². The molecule has 1 atom stereocenters. The fourth-order valence-corrected chi connectivity index (χ4v) is 6.91. The van der Waals surface area contributed by atoms with Gasteiger partial charge in [-0.25, -0.2) is 18.5 Å². The summed E-state index contributed by atoms with van der Waals surface area (Å²) in [5.74, 6) is -1.54. The van der Waals surface area contributed by atoms with E-state index in [0.717, 1.165) is 22.5 Å². The Kier molecular flexibility index (Phi) is 7.66. The highest BCUT2D eigenvalue weighted by molar-refractivity contribution is 7.92. The molecular weight excluding hydrogens is 555 g/mol. The largest absolute Gasteiger partial charge is 0.422 e. The van der Waals surface area contributed by atoms with Crippen LogP contribution < -0.4 is 9.86 Å². The Hall–Kier alpha value is -2.92. The van der Waals surface area contributed by atoms with Gasteiger partial charge in [-0.05, 0) is 29.7 Å². The molecule has 0 saturated carbocycles. The van der Waals surface area contributed by atoms with Gasteiger partial charge in [-0.3, -0.25) is 0 Å². The molecule has 4 rings (SSSR count). The van der Waals surface area contributed by atoms with Crippen LogP contribution in [0, 0.1) is 0 Å². The Morgan fingerprint density at radius 1 is 1.03 bits per heavy atom. The van der Waals surface area contributed by atoms with Crippen LogP contribution in [0.5, 0.6) is 0 Å². The standard InChI is InChI=1S/C21H20F3N5O5S3/c22-21(23,24)9-4-10-36(30,31)18(19-29-28-17(34-19)12-26-37(25,32)33)20-27-15-8-7-14(11-16(15)35-20)13-5-2-1-3-6-13/h1-3,5-8,11,18,26H,4,9-10,12H2,(H2,25,32,33). The molecule has 0 spiro atoms. The Morgan fingerprint density at radius 2 is 1.76 bits per heavy atom. The Morgan fingerprint density at radius 3 is 2.43 bits per heavy atom. The summed E-state index contributed by atoms with van der Waals surface area (Å²) in [7, 11) is -8.40. The van der Waals surface area contributed by atoms with Crippen molar-refractivity contribution in [3.05, 3.63) is 65.3 Å². The molecule has 0 saturated heterocycles. The number of nitrogens with zero attached hydrogens (tertiary/aromatic N) is 3. The lowest BCUT2D eigenvalue weighted by atomic mass is 10.1. The van der Waals surface area contributed by atoms with Gasteiger partial charge in [0.15, 0.2) is 15.1 Å².